The Hall–Kier alpha value is -1.86. The lowest BCUT2D eigenvalue weighted by Crippen LogP contribution is -2.45. The molecule has 0 saturated carbocycles. The van der Waals surface area contributed by atoms with Gasteiger partial charge in [-0.2, -0.15) is 0 Å². The SMILES string of the molecule is Cc1nc(CSc2ccccc2C(=O)N2CCC(C(=O)O)C(C)C2)cs1. The molecule has 1 amide bonds. The third kappa shape index (κ3) is 4.27. The first-order chi connectivity index (χ1) is 12.5. The lowest BCUT2D eigenvalue weighted by Gasteiger charge is -2.35. The van der Waals surface area contributed by atoms with Gasteiger partial charge in [0, 0.05) is 29.1 Å². The van der Waals surface area contributed by atoms with E-state index in [2.05, 4.69) is 4.98 Å². The van der Waals surface area contributed by atoms with E-state index in [-0.39, 0.29) is 17.7 Å². The van der Waals surface area contributed by atoms with Crippen LogP contribution in [0.1, 0.15) is 34.4 Å². The van der Waals surface area contributed by atoms with Gasteiger partial charge in [-0.3, -0.25) is 9.59 Å². The zero-order valence-corrected chi connectivity index (χ0v) is 16.5. The van der Waals surface area contributed by atoms with Crippen molar-refractivity contribution < 1.29 is 14.7 Å². The van der Waals surface area contributed by atoms with Crippen molar-refractivity contribution in [1.82, 2.24) is 9.88 Å². The highest BCUT2D eigenvalue weighted by Crippen LogP contribution is 2.30. The number of amides is 1. The molecular weight excluding hydrogens is 368 g/mol. The molecule has 1 saturated heterocycles. The Morgan fingerprint density at radius 3 is 2.81 bits per heavy atom. The van der Waals surface area contributed by atoms with Gasteiger partial charge >= 0.3 is 5.97 Å². The third-order valence-corrected chi connectivity index (χ3v) is 6.60. The molecule has 0 aliphatic carbocycles. The summed E-state index contributed by atoms with van der Waals surface area (Å²) < 4.78 is 0. The number of piperidine rings is 1. The topological polar surface area (TPSA) is 70.5 Å². The smallest absolute Gasteiger partial charge is 0.306 e. The van der Waals surface area contributed by atoms with E-state index in [1.165, 1.54) is 0 Å². The third-order valence-electron chi connectivity index (χ3n) is 4.67. The van der Waals surface area contributed by atoms with Gasteiger partial charge in [0.05, 0.1) is 22.2 Å². The van der Waals surface area contributed by atoms with E-state index in [0.29, 0.717) is 25.1 Å². The standard InChI is InChI=1S/C19H22N2O3S2/c1-12-9-21(8-7-15(12)19(23)24)18(22)16-5-3-4-6-17(16)26-11-14-10-25-13(2)20-14/h3-6,10,12,15H,7-9,11H2,1-2H3,(H,23,24). The Labute approximate surface area is 161 Å². The summed E-state index contributed by atoms with van der Waals surface area (Å²) in [6.07, 6.45) is 0.510. The van der Waals surface area contributed by atoms with Crippen molar-refractivity contribution in [2.75, 3.05) is 13.1 Å². The summed E-state index contributed by atoms with van der Waals surface area (Å²) in [5.74, 6) is -0.455. The fraction of sp³-hybridized carbons (Fsp3) is 0.421. The van der Waals surface area contributed by atoms with Crippen molar-refractivity contribution >= 4 is 35.0 Å². The summed E-state index contributed by atoms with van der Waals surface area (Å²) in [7, 11) is 0. The number of carboxylic acid groups (broad SMARTS) is 1. The first-order valence-electron chi connectivity index (χ1n) is 8.60. The number of rotatable bonds is 5. The molecule has 2 unspecified atom stereocenters. The zero-order valence-electron chi connectivity index (χ0n) is 14.8. The Kier molecular flexibility index (Phi) is 5.98. The molecule has 0 radical (unpaired) electrons. The second-order valence-electron chi connectivity index (χ2n) is 6.60. The highest BCUT2D eigenvalue weighted by molar-refractivity contribution is 7.98. The van der Waals surface area contributed by atoms with Crippen molar-refractivity contribution in [2.45, 2.75) is 30.9 Å². The predicted octanol–water partition coefficient (Wildman–Crippen LogP) is 3.93. The molecule has 1 aliphatic rings. The number of carboxylic acids is 1. The zero-order chi connectivity index (χ0) is 18.7. The van der Waals surface area contributed by atoms with E-state index in [9.17, 15) is 14.7 Å². The fourth-order valence-corrected chi connectivity index (χ4v) is 4.92. The lowest BCUT2D eigenvalue weighted by molar-refractivity contribution is -0.145. The van der Waals surface area contributed by atoms with E-state index in [0.717, 1.165) is 21.3 Å². The van der Waals surface area contributed by atoms with Crippen LogP contribution in [0.5, 0.6) is 0 Å². The minimum Gasteiger partial charge on any atom is -0.481 e. The molecule has 1 fully saturated rings. The first-order valence-corrected chi connectivity index (χ1v) is 10.5. The van der Waals surface area contributed by atoms with Crippen LogP contribution in [0.25, 0.3) is 0 Å². The normalized spacial score (nSPS) is 20.2. The van der Waals surface area contributed by atoms with Crippen LogP contribution in [-0.4, -0.2) is 40.0 Å². The number of carbonyl (C=O) groups excluding carboxylic acids is 1. The Balaban J connectivity index is 1.70. The summed E-state index contributed by atoms with van der Waals surface area (Å²) in [5, 5.41) is 12.4. The Bertz CT molecular complexity index is 806. The van der Waals surface area contributed by atoms with Gasteiger partial charge < -0.3 is 10.0 Å². The van der Waals surface area contributed by atoms with E-state index in [1.807, 2.05) is 43.5 Å². The second-order valence-corrected chi connectivity index (χ2v) is 8.68. The highest BCUT2D eigenvalue weighted by atomic mass is 32.2. The van der Waals surface area contributed by atoms with Gasteiger partial charge in [0.25, 0.3) is 5.91 Å². The first kappa shape index (κ1) is 18.9. The molecule has 0 spiro atoms. The number of thiazole rings is 1. The maximum absolute atomic E-state index is 13.0. The van der Waals surface area contributed by atoms with Gasteiger partial charge in [-0.1, -0.05) is 19.1 Å². The van der Waals surface area contributed by atoms with E-state index in [1.54, 1.807) is 28.0 Å². The molecule has 26 heavy (non-hydrogen) atoms. The summed E-state index contributed by atoms with van der Waals surface area (Å²) in [6.45, 7) is 4.87. The number of carbonyl (C=O) groups is 2. The minimum absolute atomic E-state index is 0.0155. The van der Waals surface area contributed by atoms with Crippen LogP contribution < -0.4 is 0 Å². The summed E-state index contributed by atoms with van der Waals surface area (Å²) >= 11 is 3.24. The molecule has 138 valence electrons. The average Bonchev–Trinajstić information content (AvgIpc) is 3.04. The van der Waals surface area contributed by atoms with Crippen LogP contribution in [0, 0.1) is 18.8 Å². The molecule has 1 aromatic carbocycles. The molecule has 0 bridgehead atoms. The molecule has 2 atom stereocenters. The Morgan fingerprint density at radius 1 is 1.38 bits per heavy atom. The average molecular weight is 391 g/mol. The van der Waals surface area contributed by atoms with Gasteiger partial charge in [0.15, 0.2) is 0 Å². The molecule has 2 heterocycles. The largest absolute Gasteiger partial charge is 0.481 e. The molecule has 7 heteroatoms. The molecule has 1 aliphatic heterocycles. The fourth-order valence-electron chi connectivity index (χ4n) is 3.26. The van der Waals surface area contributed by atoms with Crippen LogP contribution in [-0.2, 0) is 10.5 Å². The van der Waals surface area contributed by atoms with E-state index >= 15 is 0 Å². The summed E-state index contributed by atoms with van der Waals surface area (Å²) in [6, 6.07) is 7.62. The maximum Gasteiger partial charge on any atom is 0.306 e. The van der Waals surface area contributed by atoms with E-state index < -0.39 is 5.97 Å². The second kappa shape index (κ2) is 8.22. The molecule has 5 nitrogen and oxygen atoms in total. The van der Waals surface area contributed by atoms with Gasteiger partial charge in [0.1, 0.15) is 0 Å². The number of hydrogen-bond donors (Lipinski definition) is 1. The van der Waals surface area contributed by atoms with Crippen molar-refractivity contribution in [3.05, 3.63) is 45.9 Å². The molecule has 1 N–H and O–H groups in total. The van der Waals surface area contributed by atoms with Crippen molar-refractivity contribution in [3.63, 3.8) is 0 Å². The number of aromatic nitrogens is 1. The highest BCUT2D eigenvalue weighted by Gasteiger charge is 2.33. The van der Waals surface area contributed by atoms with Crippen molar-refractivity contribution in [3.8, 4) is 0 Å². The monoisotopic (exact) mass is 390 g/mol. The number of hydrogen-bond acceptors (Lipinski definition) is 5. The van der Waals surface area contributed by atoms with Crippen LogP contribution in [0.3, 0.4) is 0 Å². The van der Waals surface area contributed by atoms with Gasteiger partial charge in [-0.15, -0.1) is 23.1 Å². The van der Waals surface area contributed by atoms with Crippen molar-refractivity contribution in [2.24, 2.45) is 11.8 Å². The quantitative estimate of drug-likeness (QED) is 0.784. The van der Waals surface area contributed by atoms with Crippen LogP contribution in [0.15, 0.2) is 34.5 Å². The lowest BCUT2D eigenvalue weighted by atomic mass is 9.87. The number of aryl methyl sites for hydroxylation is 1. The molecular formula is C19H22N2O3S2. The number of nitrogens with zero attached hydrogens (tertiary/aromatic N) is 2. The summed E-state index contributed by atoms with van der Waals surface area (Å²) in [4.78, 5) is 31.5. The number of thioether (sulfide) groups is 1. The van der Waals surface area contributed by atoms with Gasteiger partial charge in [-0.05, 0) is 31.4 Å². The molecule has 2 aromatic rings. The van der Waals surface area contributed by atoms with Gasteiger partial charge in [0.2, 0.25) is 0 Å². The number of aliphatic carboxylic acids is 1. The van der Waals surface area contributed by atoms with Gasteiger partial charge in [-0.25, -0.2) is 4.98 Å². The maximum atomic E-state index is 13.0. The van der Waals surface area contributed by atoms with Crippen LogP contribution in [0.4, 0.5) is 0 Å². The molecule has 3 rings (SSSR count). The van der Waals surface area contributed by atoms with Crippen LogP contribution in [0.2, 0.25) is 0 Å². The van der Waals surface area contributed by atoms with E-state index in [4.69, 9.17) is 0 Å². The van der Waals surface area contributed by atoms with Crippen LogP contribution >= 0.6 is 23.1 Å². The molecule has 1 aromatic heterocycles. The number of likely N-dealkylation sites (tertiary alicyclic amines) is 1. The minimum atomic E-state index is -0.765. The summed E-state index contributed by atoms with van der Waals surface area (Å²) in [5.41, 5.74) is 1.71. The number of benzene rings is 1. The predicted molar refractivity (Wildman–Crippen MR) is 104 cm³/mol. The Morgan fingerprint density at radius 2 is 2.15 bits per heavy atom. The van der Waals surface area contributed by atoms with Crippen molar-refractivity contribution in [1.29, 1.82) is 0 Å².